The Morgan fingerprint density at radius 1 is 1.05 bits per heavy atom. The maximum Gasteiger partial charge on any atom is 0.257 e. The lowest BCUT2D eigenvalue weighted by molar-refractivity contribution is -0.119. The van der Waals surface area contributed by atoms with Crippen molar-refractivity contribution >= 4 is 21.6 Å². The Labute approximate surface area is 129 Å². The van der Waals surface area contributed by atoms with Crippen LogP contribution in [0.25, 0.3) is 11.1 Å². The van der Waals surface area contributed by atoms with Crippen molar-refractivity contribution in [1.29, 1.82) is 0 Å². The van der Waals surface area contributed by atoms with Gasteiger partial charge in [-0.15, -0.1) is 4.83 Å². The van der Waals surface area contributed by atoms with Gasteiger partial charge < -0.3 is 5.73 Å². The summed E-state index contributed by atoms with van der Waals surface area (Å²) >= 11 is 0. The molecule has 1 amide bonds. The van der Waals surface area contributed by atoms with E-state index in [4.69, 9.17) is 5.73 Å². The highest BCUT2D eigenvalue weighted by molar-refractivity contribution is 7.89. The molecule has 0 bridgehead atoms. The topological polar surface area (TPSA) is 101 Å². The Hall–Kier alpha value is -2.38. The minimum atomic E-state index is -3.78. The van der Waals surface area contributed by atoms with Gasteiger partial charge in [0, 0.05) is 12.6 Å². The van der Waals surface area contributed by atoms with Crippen molar-refractivity contribution in [2.24, 2.45) is 0 Å². The molecule has 0 fully saturated rings. The zero-order valence-corrected chi connectivity index (χ0v) is 13.1. The molecule has 0 aliphatic heterocycles. The minimum Gasteiger partial charge on any atom is -0.398 e. The van der Waals surface area contributed by atoms with E-state index < -0.39 is 15.9 Å². The highest BCUT2D eigenvalue weighted by Gasteiger charge is 2.14. The van der Waals surface area contributed by atoms with Gasteiger partial charge in [0.2, 0.25) is 5.91 Å². The average Bonchev–Trinajstić information content (AvgIpc) is 2.48. The van der Waals surface area contributed by atoms with Gasteiger partial charge in [0.25, 0.3) is 10.0 Å². The lowest BCUT2D eigenvalue weighted by Gasteiger charge is -2.09. The van der Waals surface area contributed by atoms with Crippen LogP contribution in [0.15, 0.2) is 47.4 Å². The van der Waals surface area contributed by atoms with Crippen molar-refractivity contribution in [2.75, 3.05) is 5.73 Å². The predicted molar refractivity (Wildman–Crippen MR) is 85.2 cm³/mol. The molecule has 4 N–H and O–H groups in total. The molecule has 6 nitrogen and oxygen atoms in total. The molecule has 0 aromatic heterocycles. The Morgan fingerprint density at radius 2 is 1.64 bits per heavy atom. The molecule has 2 aromatic rings. The molecule has 7 heteroatoms. The molecule has 0 unspecified atom stereocenters. The molecular formula is C15H17N3O3S. The molecule has 2 rings (SSSR count). The standard InChI is InChI=1S/C15H17N3O3S/c1-10-3-4-13(9-15(10)16)12-5-7-14(8-6-12)22(20,21)18-17-11(2)19/h3-9,18H,16H2,1-2H3,(H,17,19). The van der Waals surface area contributed by atoms with Crippen LogP contribution in [0.2, 0.25) is 0 Å². The van der Waals surface area contributed by atoms with Crippen LogP contribution in [0.4, 0.5) is 5.69 Å². The second kappa shape index (κ2) is 6.17. The maximum absolute atomic E-state index is 11.9. The third-order valence-corrected chi connectivity index (χ3v) is 4.40. The molecule has 116 valence electrons. The number of aryl methyl sites for hydroxylation is 1. The molecule has 0 saturated carbocycles. The smallest absolute Gasteiger partial charge is 0.257 e. The monoisotopic (exact) mass is 319 g/mol. The number of benzene rings is 2. The number of sulfonamides is 1. The van der Waals surface area contributed by atoms with E-state index in [2.05, 4.69) is 5.43 Å². The zero-order chi connectivity index (χ0) is 16.3. The third-order valence-electron chi connectivity index (χ3n) is 3.14. The lowest BCUT2D eigenvalue weighted by Crippen LogP contribution is -2.40. The maximum atomic E-state index is 11.9. The highest BCUT2D eigenvalue weighted by Crippen LogP contribution is 2.24. The predicted octanol–water partition coefficient (Wildman–Crippen LogP) is 1.57. The van der Waals surface area contributed by atoms with Crippen molar-refractivity contribution in [1.82, 2.24) is 10.3 Å². The second-order valence-corrected chi connectivity index (χ2v) is 6.56. The largest absolute Gasteiger partial charge is 0.398 e. The number of carbonyl (C=O) groups is 1. The van der Waals surface area contributed by atoms with Crippen LogP contribution in [-0.4, -0.2) is 14.3 Å². The van der Waals surface area contributed by atoms with Crippen molar-refractivity contribution in [3.8, 4) is 11.1 Å². The summed E-state index contributed by atoms with van der Waals surface area (Å²) in [6, 6.07) is 12.0. The fourth-order valence-corrected chi connectivity index (χ4v) is 2.73. The first-order valence-corrected chi connectivity index (χ1v) is 8.03. The molecule has 0 spiro atoms. The first kappa shape index (κ1) is 16.0. The summed E-state index contributed by atoms with van der Waals surface area (Å²) < 4.78 is 23.9. The fourth-order valence-electron chi connectivity index (χ4n) is 1.84. The van der Waals surface area contributed by atoms with Gasteiger partial charge in [-0.1, -0.05) is 24.3 Å². The highest BCUT2D eigenvalue weighted by atomic mass is 32.2. The normalized spacial score (nSPS) is 11.2. The van der Waals surface area contributed by atoms with Crippen LogP contribution < -0.4 is 16.0 Å². The summed E-state index contributed by atoms with van der Waals surface area (Å²) in [6.07, 6.45) is 0. The summed E-state index contributed by atoms with van der Waals surface area (Å²) in [5.41, 5.74) is 11.4. The summed E-state index contributed by atoms with van der Waals surface area (Å²) in [4.78, 5) is 12.8. The molecule has 22 heavy (non-hydrogen) atoms. The average molecular weight is 319 g/mol. The van der Waals surface area contributed by atoms with Crippen molar-refractivity contribution in [2.45, 2.75) is 18.7 Å². The van der Waals surface area contributed by atoms with E-state index in [9.17, 15) is 13.2 Å². The first-order valence-electron chi connectivity index (χ1n) is 6.54. The number of carbonyl (C=O) groups excluding carboxylic acids is 1. The summed E-state index contributed by atoms with van der Waals surface area (Å²) in [5, 5.41) is 0. The van der Waals surface area contributed by atoms with Crippen molar-refractivity contribution in [3.63, 3.8) is 0 Å². The van der Waals surface area contributed by atoms with Gasteiger partial charge >= 0.3 is 0 Å². The SMILES string of the molecule is CC(=O)NNS(=O)(=O)c1ccc(-c2ccc(C)c(N)c2)cc1. The molecule has 0 aliphatic carbocycles. The van der Waals surface area contributed by atoms with E-state index in [-0.39, 0.29) is 4.90 Å². The van der Waals surface area contributed by atoms with E-state index >= 15 is 0 Å². The van der Waals surface area contributed by atoms with Gasteiger partial charge in [-0.25, -0.2) is 8.42 Å². The third kappa shape index (κ3) is 3.63. The summed E-state index contributed by atoms with van der Waals surface area (Å²) in [5.74, 6) is -0.490. The molecule has 0 heterocycles. The molecular weight excluding hydrogens is 302 g/mol. The molecule has 2 aromatic carbocycles. The minimum absolute atomic E-state index is 0.0603. The van der Waals surface area contributed by atoms with Crippen LogP contribution in [0.3, 0.4) is 0 Å². The number of nitrogens with one attached hydrogen (secondary N) is 2. The number of anilines is 1. The van der Waals surface area contributed by atoms with Crippen LogP contribution in [-0.2, 0) is 14.8 Å². The van der Waals surface area contributed by atoms with Gasteiger partial charge in [0.05, 0.1) is 4.90 Å². The van der Waals surface area contributed by atoms with Gasteiger partial charge in [-0.05, 0) is 41.8 Å². The fraction of sp³-hybridized carbons (Fsp3) is 0.133. The van der Waals surface area contributed by atoms with E-state index in [1.807, 2.05) is 30.0 Å². The Morgan fingerprint density at radius 3 is 2.18 bits per heavy atom. The van der Waals surface area contributed by atoms with Gasteiger partial charge in [-0.2, -0.15) is 0 Å². The number of hydrogen-bond acceptors (Lipinski definition) is 4. The number of rotatable bonds is 4. The van der Waals surface area contributed by atoms with Crippen LogP contribution in [0.1, 0.15) is 12.5 Å². The Kier molecular flexibility index (Phi) is 4.48. The Bertz CT molecular complexity index is 799. The van der Waals surface area contributed by atoms with Crippen molar-refractivity contribution < 1.29 is 13.2 Å². The van der Waals surface area contributed by atoms with E-state index in [1.54, 1.807) is 12.1 Å². The zero-order valence-electron chi connectivity index (χ0n) is 12.3. The summed E-state index contributed by atoms with van der Waals surface area (Å²) in [7, 11) is -3.78. The second-order valence-electron chi connectivity index (χ2n) is 4.88. The number of nitrogen functional groups attached to an aromatic ring is 1. The van der Waals surface area contributed by atoms with Gasteiger partial charge in [-0.3, -0.25) is 10.2 Å². The number of amides is 1. The van der Waals surface area contributed by atoms with Crippen LogP contribution in [0, 0.1) is 6.92 Å². The molecule has 0 aliphatic rings. The van der Waals surface area contributed by atoms with Gasteiger partial charge in [0.1, 0.15) is 0 Å². The van der Waals surface area contributed by atoms with Crippen LogP contribution >= 0.6 is 0 Å². The summed E-state index contributed by atoms with van der Waals surface area (Å²) in [6.45, 7) is 3.13. The van der Waals surface area contributed by atoms with E-state index in [0.29, 0.717) is 5.69 Å². The van der Waals surface area contributed by atoms with Crippen molar-refractivity contribution in [3.05, 3.63) is 48.0 Å². The molecule has 0 saturated heterocycles. The Balaban J connectivity index is 2.26. The van der Waals surface area contributed by atoms with Gasteiger partial charge in [0.15, 0.2) is 0 Å². The first-order chi connectivity index (χ1) is 10.3. The molecule has 0 radical (unpaired) electrons. The number of hydrazine groups is 1. The lowest BCUT2D eigenvalue weighted by atomic mass is 10.0. The van der Waals surface area contributed by atoms with E-state index in [1.165, 1.54) is 19.1 Å². The van der Waals surface area contributed by atoms with E-state index in [0.717, 1.165) is 16.7 Å². The van der Waals surface area contributed by atoms with Crippen LogP contribution in [0.5, 0.6) is 0 Å². The number of hydrogen-bond donors (Lipinski definition) is 3. The molecule has 0 atom stereocenters. The quantitative estimate of drug-likeness (QED) is 0.588. The number of nitrogens with two attached hydrogens (primary N) is 1.